The van der Waals surface area contributed by atoms with Crippen LogP contribution in [0.25, 0.3) is 0 Å². The van der Waals surface area contributed by atoms with Crippen LogP contribution in [-0.2, 0) is 0 Å². The van der Waals surface area contributed by atoms with Gasteiger partial charge in [0.2, 0.25) is 0 Å². The molecule has 3 N–H and O–H groups in total. The van der Waals surface area contributed by atoms with Crippen molar-refractivity contribution in [1.29, 1.82) is 0 Å². The number of hydrogen-bond donors (Lipinski definition) is 2. The number of halogens is 1. The summed E-state index contributed by atoms with van der Waals surface area (Å²) in [6.45, 7) is 0. The maximum atomic E-state index is 10.2. The van der Waals surface area contributed by atoms with Crippen LogP contribution in [0.3, 0.4) is 0 Å². The first-order valence-electron chi connectivity index (χ1n) is 2.09. The first-order chi connectivity index (χ1) is 3.80. The summed E-state index contributed by atoms with van der Waals surface area (Å²) in [5.41, 5.74) is 5.11. The standard InChI is InChI=1S/C4H5N3O.ClH/c5-4(8)3-1-6-2-7-3;/h1-2H,(H2,5,8)(H,6,7);1H. The number of imidazole rings is 1. The van der Waals surface area contributed by atoms with Gasteiger partial charge < -0.3 is 10.7 Å². The van der Waals surface area contributed by atoms with Crippen molar-refractivity contribution in [1.82, 2.24) is 9.97 Å². The molecule has 0 unspecified atom stereocenters. The molecule has 0 aromatic carbocycles. The van der Waals surface area contributed by atoms with Crippen LogP contribution in [0.4, 0.5) is 0 Å². The molecule has 5 heteroatoms. The SMILES string of the molecule is Cl.NC(=O)c1c[nH]cn1. The summed E-state index contributed by atoms with van der Waals surface area (Å²) >= 11 is 0. The Bertz CT molecular complexity index is 184. The van der Waals surface area contributed by atoms with Crippen LogP contribution < -0.4 is 5.73 Å². The van der Waals surface area contributed by atoms with E-state index in [0.717, 1.165) is 0 Å². The Kier molecular flexibility index (Phi) is 2.73. The minimum absolute atomic E-state index is 0. The lowest BCUT2D eigenvalue weighted by Gasteiger charge is -1.78. The van der Waals surface area contributed by atoms with Crippen molar-refractivity contribution in [3.8, 4) is 0 Å². The van der Waals surface area contributed by atoms with Gasteiger partial charge in [-0.1, -0.05) is 0 Å². The van der Waals surface area contributed by atoms with Gasteiger partial charge in [-0.05, 0) is 0 Å². The number of amides is 1. The summed E-state index contributed by atoms with van der Waals surface area (Å²) in [4.78, 5) is 16.4. The van der Waals surface area contributed by atoms with Gasteiger partial charge in [-0.3, -0.25) is 4.79 Å². The normalized spacial score (nSPS) is 8.00. The van der Waals surface area contributed by atoms with Gasteiger partial charge in [0, 0.05) is 6.20 Å². The zero-order valence-corrected chi connectivity index (χ0v) is 5.31. The summed E-state index contributed by atoms with van der Waals surface area (Å²) in [5.74, 6) is -0.508. The highest BCUT2D eigenvalue weighted by atomic mass is 35.5. The van der Waals surface area contributed by atoms with E-state index in [1.54, 1.807) is 0 Å². The molecule has 0 radical (unpaired) electrons. The quantitative estimate of drug-likeness (QED) is 0.584. The molecule has 0 spiro atoms. The van der Waals surface area contributed by atoms with Crippen molar-refractivity contribution in [2.45, 2.75) is 0 Å². The van der Waals surface area contributed by atoms with Crippen LogP contribution in [-0.4, -0.2) is 15.9 Å². The second-order valence-corrected chi connectivity index (χ2v) is 1.32. The van der Waals surface area contributed by atoms with Crippen molar-refractivity contribution < 1.29 is 4.79 Å². The molecule has 1 aromatic heterocycles. The van der Waals surface area contributed by atoms with Crippen LogP contribution in [0.2, 0.25) is 0 Å². The lowest BCUT2D eigenvalue weighted by atomic mass is 10.5. The molecule has 1 aromatic rings. The predicted molar refractivity (Wildman–Crippen MR) is 34.4 cm³/mol. The zero-order chi connectivity index (χ0) is 5.98. The molecular weight excluding hydrogens is 142 g/mol. The molecule has 0 aliphatic carbocycles. The van der Waals surface area contributed by atoms with Crippen molar-refractivity contribution in [2.75, 3.05) is 0 Å². The number of aromatic amines is 1. The van der Waals surface area contributed by atoms with Gasteiger partial charge in [-0.15, -0.1) is 12.4 Å². The van der Waals surface area contributed by atoms with Crippen LogP contribution in [0.15, 0.2) is 12.5 Å². The Hall–Kier alpha value is -1.03. The summed E-state index contributed by atoms with van der Waals surface area (Å²) < 4.78 is 0. The summed E-state index contributed by atoms with van der Waals surface area (Å²) in [6, 6.07) is 0. The van der Waals surface area contributed by atoms with Gasteiger partial charge in [-0.2, -0.15) is 0 Å². The molecule has 0 atom stereocenters. The number of carbonyl (C=O) groups is 1. The van der Waals surface area contributed by atoms with E-state index in [1.165, 1.54) is 12.5 Å². The smallest absolute Gasteiger partial charge is 0.268 e. The van der Waals surface area contributed by atoms with Crippen molar-refractivity contribution in [2.24, 2.45) is 5.73 Å². The van der Waals surface area contributed by atoms with Gasteiger partial charge in [0.1, 0.15) is 5.69 Å². The minimum atomic E-state index is -0.508. The van der Waals surface area contributed by atoms with Crippen LogP contribution in [0.1, 0.15) is 10.5 Å². The van der Waals surface area contributed by atoms with Gasteiger partial charge in [0.05, 0.1) is 6.33 Å². The number of primary amides is 1. The highest BCUT2D eigenvalue weighted by molar-refractivity contribution is 5.90. The molecule has 0 saturated heterocycles. The predicted octanol–water partition coefficient (Wildman–Crippen LogP) is -0.0696. The molecule has 4 nitrogen and oxygen atoms in total. The molecule has 0 aliphatic rings. The summed E-state index contributed by atoms with van der Waals surface area (Å²) in [6.07, 6.45) is 2.85. The Morgan fingerprint density at radius 1 is 1.78 bits per heavy atom. The molecule has 50 valence electrons. The van der Waals surface area contributed by atoms with E-state index in [-0.39, 0.29) is 18.1 Å². The minimum Gasteiger partial charge on any atom is -0.364 e. The topological polar surface area (TPSA) is 71.8 Å². The van der Waals surface area contributed by atoms with Gasteiger partial charge >= 0.3 is 0 Å². The number of nitrogens with zero attached hydrogens (tertiary/aromatic N) is 1. The monoisotopic (exact) mass is 147 g/mol. The molecule has 0 bridgehead atoms. The summed E-state index contributed by atoms with van der Waals surface area (Å²) in [7, 11) is 0. The highest BCUT2D eigenvalue weighted by Gasteiger charge is 1.97. The van der Waals surface area contributed by atoms with Crippen molar-refractivity contribution >= 4 is 18.3 Å². The number of H-pyrrole nitrogens is 1. The molecule has 9 heavy (non-hydrogen) atoms. The first-order valence-corrected chi connectivity index (χ1v) is 2.09. The fraction of sp³-hybridized carbons (Fsp3) is 0. The molecule has 0 aliphatic heterocycles. The lowest BCUT2D eigenvalue weighted by Crippen LogP contribution is -2.10. The summed E-state index contributed by atoms with van der Waals surface area (Å²) in [5, 5.41) is 0. The van der Waals surface area contributed by atoms with E-state index < -0.39 is 5.91 Å². The van der Waals surface area contributed by atoms with Crippen LogP contribution >= 0.6 is 12.4 Å². The molecule has 1 amide bonds. The molecule has 0 fully saturated rings. The molecular formula is C4H6ClN3O. The van der Waals surface area contributed by atoms with Gasteiger partial charge in [0.25, 0.3) is 5.91 Å². The Balaban J connectivity index is 0.000000640. The zero-order valence-electron chi connectivity index (χ0n) is 4.50. The van der Waals surface area contributed by atoms with Gasteiger partial charge in [-0.25, -0.2) is 4.98 Å². The third kappa shape index (κ3) is 1.73. The highest BCUT2D eigenvalue weighted by Crippen LogP contribution is 1.85. The molecule has 0 saturated carbocycles. The molecule has 1 rings (SSSR count). The second-order valence-electron chi connectivity index (χ2n) is 1.32. The fourth-order valence-corrected chi connectivity index (χ4v) is 0.395. The average molecular weight is 148 g/mol. The number of nitrogens with one attached hydrogen (secondary N) is 1. The van der Waals surface area contributed by atoms with E-state index in [1.807, 2.05) is 0 Å². The second kappa shape index (κ2) is 3.09. The Morgan fingerprint density at radius 2 is 2.44 bits per heavy atom. The van der Waals surface area contributed by atoms with E-state index in [2.05, 4.69) is 9.97 Å². The number of aromatic nitrogens is 2. The number of rotatable bonds is 1. The van der Waals surface area contributed by atoms with Gasteiger partial charge in [0.15, 0.2) is 0 Å². The number of carbonyl (C=O) groups excluding carboxylic acids is 1. The fourth-order valence-electron chi connectivity index (χ4n) is 0.395. The van der Waals surface area contributed by atoms with Crippen LogP contribution in [0.5, 0.6) is 0 Å². The van der Waals surface area contributed by atoms with E-state index in [9.17, 15) is 4.79 Å². The maximum absolute atomic E-state index is 10.2. The van der Waals surface area contributed by atoms with E-state index >= 15 is 0 Å². The number of hydrogen-bond acceptors (Lipinski definition) is 2. The number of nitrogens with two attached hydrogens (primary N) is 1. The van der Waals surface area contributed by atoms with Crippen LogP contribution in [0, 0.1) is 0 Å². The van der Waals surface area contributed by atoms with Crippen molar-refractivity contribution in [3.05, 3.63) is 18.2 Å². The Labute approximate surface area is 57.9 Å². The lowest BCUT2D eigenvalue weighted by molar-refractivity contribution is 0.0996. The largest absolute Gasteiger partial charge is 0.364 e. The third-order valence-corrected chi connectivity index (χ3v) is 0.751. The first kappa shape index (κ1) is 7.97. The third-order valence-electron chi connectivity index (χ3n) is 0.751. The van der Waals surface area contributed by atoms with Crippen molar-refractivity contribution in [3.63, 3.8) is 0 Å². The molecule has 1 heterocycles. The maximum Gasteiger partial charge on any atom is 0.268 e. The average Bonchev–Trinajstić information content (AvgIpc) is 2.12. The van der Waals surface area contributed by atoms with E-state index in [0.29, 0.717) is 0 Å². The Morgan fingerprint density at radius 3 is 2.67 bits per heavy atom. The van der Waals surface area contributed by atoms with E-state index in [4.69, 9.17) is 5.73 Å².